The van der Waals surface area contributed by atoms with Crippen molar-refractivity contribution in [1.29, 1.82) is 0 Å². The number of aliphatic carboxylic acids is 1. The summed E-state index contributed by atoms with van der Waals surface area (Å²) in [6.07, 6.45) is 2.81. The first-order valence-electron chi connectivity index (χ1n) is 6.29. The van der Waals surface area contributed by atoms with Crippen molar-refractivity contribution >= 4 is 17.9 Å². The van der Waals surface area contributed by atoms with Gasteiger partial charge in [0.15, 0.2) is 0 Å². The van der Waals surface area contributed by atoms with Crippen molar-refractivity contribution in [2.24, 2.45) is 11.1 Å². The molecule has 1 aliphatic rings. The van der Waals surface area contributed by atoms with E-state index >= 15 is 0 Å². The van der Waals surface area contributed by atoms with Crippen molar-refractivity contribution < 1.29 is 19.5 Å². The van der Waals surface area contributed by atoms with Gasteiger partial charge in [-0.1, -0.05) is 12.8 Å². The Labute approximate surface area is 111 Å². The fraction of sp³-hybridized carbons (Fsp3) is 0.750. The molecule has 0 aliphatic heterocycles. The van der Waals surface area contributed by atoms with Crippen molar-refractivity contribution in [2.75, 3.05) is 6.54 Å². The van der Waals surface area contributed by atoms with Crippen LogP contribution in [0.25, 0.3) is 0 Å². The van der Waals surface area contributed by atoms with Gasteiger partial charge >= 0.3 is 12.0 Å². The summed E-state index contributed by atoms with van der Waals surface area (Å²) in [5, 5.41) is 14.2. The van der Waals surface area contributed by atoms with E-state index in [1.54, 1.807) is 0 Å². The molecule has 1 rings (SSSR count). The molecule has 7 nitrogen and oxygen atoms in total. The molecule has 0 atom stereocenters. The molecule has 0 aromatic carbocycles. The highest BCUT2D eigenvalue weighted by Gasteiger charge is 2.41. The highest BCUT2D eigenvalue weighted by molar-refractivity contribution is 5.89. The van der Waals surface area contributed by atoms with E-state index in [-0.39, 0.29) is 6.54 Å². The molecule has 0 aromatic rings. The molecule has 7 heteroatoms. The van der Waals surface area contributed by atoms with Gasteiger partial charge in [0.1, 0.15) is 5.54 Å². The molecule has 1 fully saturated rings. The Kier molecular flexibility index (Phi) is 4.39. The highest BCUT2D eigenvalue weighted by Crippen LogP contribution is 2.37. The molecule has 0 saturated heterocycles. The van der Waals surface area contributed by atoms with E-state index in [4.69, 9.17) is 5.73 Å². The first-order chi connectivity index (χ1) is 8.69. The summed E-state index contributed by atoms with van der Waals surface area (Å²) in [4.78, 5) is 34.0. The average molecular weight is 271 g/mol. The van der Waals surface area contributed by atoms with Crippen LogP contribution in [0.1, 0.15) is 39.5 Å². The number of carboxylic acids is 1. The largest absolute Gasteiger partial charge is 0.481 e. The third-order valence-electron chi connectivity index (χ3n) is 3.64. The molecule has 0 aromatic heterocycles. The van der Waals surface area contributed by atoms with Gasteiger partial charge in [-0.3, -0.25) is 9.59 Å². The number of carbonyl (C=O) groups excluding carboxylic acids is 2. The van der Waals surface area contributed by atoms with Gasteiger partial charge < -0.3 is 21.5 Å². The number of rotatable bonds is 5. The summed E-state index contributed by atoms with van der Waals surface area (Å²) in [7, 11) is 0. The van der Waals surface area contributed by atoms with Crippen molar-refractivity contribution in [3.05, 3.63) is 0 Å². The van der Waals surface area contributed by atoms with Crippen molar-refractivity contribution in [3.63, 3.8) is 0 Å². The van der Waals surface area contributed by atoms with E-state index in [0.717, 1.165) is 12.8 Å². The van der Waals surface area contributed by atoms with E-state index in [0.29, 0.717) is 12.8 Å². The first-order valence-corrected chi connectivity index (χ1v) is 6.29. The lowest BCUT2D eigenvalue weighted by Crippen LogP contribution is -2.57. The zero-order valence-corrected chi connectivity index (χ0v) is 11.3. The number of carbonyl (C=O) groups is 3. The van der Waals surface area contributed by atoms with Crippen LogP contribution < -0.4 is 16.4 Å². The smallest absolute Gasteiger partial charge is 0.315 e. The second kappa shape index (κ2) is 5.46. The Morgan fingerprint density at radius 1 is 1.26 bits per heavy atom. The predicted octanol–water partition coefficient (Wildman–Crippen LogP) is 0.195. The zero-order valence-electron chi connectivity index (χ0n) is 11.3. The van der Waals surface area contributed by atoms with Gasteiger partial charge in [-0.2, -0.15) is 0 Å². The van der Waals surface area contributed by atoms with Crippen LogP contribution in [0.15, 0.2) is 0 Å². The molecule has 1 aliphatic carbocycles. The van der Waals surface area contributed by atoms with Gasteiger partial charge in [0.25, 0.3) is 0 Å². The van der Waals surface area contributed by atoms with E-state index in [1.165, 1.54) is 13.8 Å². The summed E-state index contributed by atoms with van der Waals surface area (Å²) >= 11 is 0. The van der Waals surface area contributed by atoms with Gasteiger partial charge in [0, 0.05) is 6.54 Å². The van der Waals surface area contributed by atoms with Crippen molar-refractivity contribution in [2.45, 2.75) is 45.1 Å². The number of hydrogen-bond donors (Lipinski definition) is 4. The molecular formula is C12H21N3O4. The molecule has 0 bridgehead atoms. The van der Waals surface area contributed by atoms with E-state index in [2.05, 4.69) is 10.6 Å². The van der Waals surface area contributed by atoms with Crippen LogP contribution in [-0.4, -0.2) is 35.1 Å². The van der Waals surface area contributed by atoms with Gasteiger partial charge in [-0.05, 0) is 26.7 Å². The molecule has 1 saturated carbocycles. The topological polar surface area (TPSA) is 122 Å². The van der Waals surface area contributed by atoms with E-state index in [1.807, 2.05) is 0 Å². The molecule has 0 radical (unpaired) electrons. The minimum absolute atomic E-state index is 0.0585. The maximum Gasteiger partial charge on any atom is 0.315 e. The summed E-state index contributed by atoms with van der Waals surface area (Å²) in [5.74, 6) is -1.55. The zero-order chi connectivity index (χ0) is 14.7. The maximum atomic E-state index is 11.7. The van der Waals surface area contributed by atoms with Crippen LogP contribution in [0.2, 0.25) is 0 Å². The number of carboxylic acid groups (broad SMARTS) is 1. The summed E-state index contributed by atoms with van der Waals surface area (Å²) in [6.45, 7) is 3.03. The number of urea groups is 1. The Bertz CT molecular complexity index is 386. The molecule has 0 spiro atoms. The minimum Gasteiger partial charge on any atom is -0.481 e. The Balaban J connectivity index is 2.54. The maximum absolute atomic E-state index is 11.7. The molecule has 108 valence electrons. The Hall–Kier alpha value is -1.79. The van der Waals surface area contributed by atoms with Crippen LogP contribution >= 0.6 is 0 Å². The SMILES string of the molecule is CC(C)(NC(=O)NCC1(C(=O)O)CCCC1)C(N)=O. The number of hydrogen-bond acceptors (Lipinski definition) is 3. The quantitative estimate of drug-likeness (QED) is 0.570. The third-order valence-corrected chi connectivity index (χ3v) is 3.64. The third kappa shape index (κ3) is 3.59. The van der Waals surface area contributed by atoms with Crippen LogP contribution in [0.3, 0.4) is 0 Å². The van der Waals surface area contributed by atoms with Crippen molar-refractivity contribution in [1.82, 2.24) is 10.6 Å². The first kappa shape index (κ1) is 15.3. The van der Waals surface area contributed by atoms with Gasteiger partial charge in [-0.25, -0.2) is 4.79 Å². The monoisotopic (exact) mass is 271 g/mol. The summed E-state index contributed by atoms with van der Waals surface area (Å²) < 4.78 is 0. The predicted molar refractivity (Wildman–Crippen MR) is 68.3 cm³/mol. The molecule has 0 heterocycles. The van der Waals surface area contributed by atoms with Gasteiger partial charge in [-0.15, -0.1) is 0 Å². The lowest BCUT2D eigenvalue weighted by molar-refractivity contribution is -0.148. The van der Waals surface area contributed by atoms with E-state index < -0.39 is 28.9 Å². The second-order valence-corrected chi connectivity index (χ2v) is 5.59. The Morgan fingerprint density at radius 2 is 1.79 bits per heavy atom. The number of nitrogens with two attached hydrogens (primary N) is 1. The van der Waals surface area contributed by atoms with Crippen LogP contribution in [-0.2, 0) is 9.59 Å². The van der Waals surface area contributed by atoms with Crippen LogP contribution in [0.5, 0.6) is 0 Å². The molecule has 5 N–H and O–H groups in total. The van der Waals surface area contributed by atoms with Gasteiger partial charge in [0.2, 0.25) is 5.91 Å². The summed E-state index contributed by atoms with van der Waals surface area (Å²) in [6, 6.07) is -0.587. The highest BCUT2D eigenvalue weighted by atomic mass is 16.4. The van der Waals surface area contributed by atoms with Crippen molar-refractivity contribution in [3.8, 4) is 0 Å². The minimum atomic E-state index is -1.17. The number of amides is 3. The van der Waals surface area contributed by atoms with Gasteiger partial charge in [0.05, 0.1) is 5.41 Å². The average Bonchev–Trinajstić information content (AvgIpc) is 2.75. The summed E-state index contributed by atoms with van der Waals surface area (Å²) in [5.41, 5.74) is 3.08. The van der Waals surface area contributed by atoms with E-state index in [9.17, 15) is 19.5 Å². The lowest BCUT2D eigenvalue weighted by Gasteiger charge is -2.26. The molecular weight excluding hydrogens is 250 g/mol. The second-order valence-electron chi connectivity index (χ2n) is 5.59. The standard InChI is InChI=1S/C12H21N3O4/c1-11(2,8(13)16)15-10(19)14-7-12(9(17)18)5-3-4-6-12/h3-7H2,1-2H3,(H2,13,16)(H,17,18)(H2,14,15,19). The van der Waals surface area contributed by atoms with Crippen LogP contribution in [0, 0.1) is 5.41 Å². The lowest BCUT2D eigenvalue weighted by atomic mass is 9.86. The van der Waals surface area contributed by atoms with Crippen LogP contribution in [0.4, 0.5) is 4.79 Å². The Morgan fingerprint density at radius 3 is 2.21 bits per heavy atom. The molecule has 3 amide bonds. The molecule has 19 heavy (non-hydrogen) atoms. The number of primary amides is 1. The fourth-order valence-corrected chi connectivity index (χ4v) is 2.16. The fourth-order valence-electron chi connectivity index (χ4n) is 2.16. The number of nitrogens with one attached hydrogen (secondary N) is 2. The molecule has 0 unspecified atom stereocenters. The normalized spacial score (nSPS) is 17.8.